The second-order valence-electron chi connectivity index (χ2n) is 5.71. The van der Waals surface area contributed by atoms with Crippen molar-refractivity contribution in [1.29, 1.82) is 0 Å². The lowest BCUT2D eigenvalue weighted by Crippen LogP contribution is -2.31. The summed E-state index contributed by atoms with van der Waals surface area (Å²) in [4.78, 5) is 14.4. The SMILES string of the molecule is CCCCN(CC)C(=O)c1cccc(OCC2CCCO2)c1. The first kappa shape index (κ1) is 16.8. The molecule has 1 heterocycles. The molecule has 122 valence electrons. The highest BCUT2D eigenvalue weighted by atomic mass is 16.5. The van der Waals surface area contributed by atoms with E-state index in [0.717, 1.165) is 51.1 Å². The van der Waals surface area contributed by atoms with Crippen LogP contribution in [0.3, 0.4) is 0 Å². The number of ether oxygens (including phenoxy) is 2. The first-order chi connectivity index (χ1) is 10.7. The van der Waals surface area contributed by atoms with Gasteiger partial charge in [-0.05, 0) is 44.4 Å². The van der Waals surface area contributed by atoms with Gasteiger partial charge in [-0.15, -0.1) is 0 Å². The fourth-order valence-electron chi connectivity index (χ4n) is 2.62. The zero-order chi connectivity index (χ0) is 15.8. The summed E-state index contributed by atoms with van der Waals surface area (Å²) in [6.07, 6.45) is 4.48. The van der Waals surface area contributed by atoms with E-state index in [2.05, 4.69) is 6.92 Å². The molecule has 0 saturated carbocycles. The minimum Gasteiger partial charge on any atom is -0.491 e. The smallest absolute Gasteiger partial charge is 0.253 e. The first-order valence-electron chi connectivity index (χ1n) is 8.38. The zero-order valence-electron chi connectivity index (χ0n) is 13.7. The second-order valence-corrected chi connectivity index (χ2v) is 5.71. The molecule has 1 saturated heterocycles. The highest BCUT2D eigenvalue weighted by Crippen LogP contribution is 2.18. The minimum absolute atomic E-state index is 0.0820. The van der Waals surface area contributed by atoms with E-state index in [4.69, 9.17) is 9.47 Å². The molecule has 22 heavy (non-hydrogen) atoms. The number of hydrogen-bond donors (Lipinski definition) is 0. The molecule has 4 heteroatoms. The summed E-state index contributed by atoms with van der Waals surface area (Å²) in [5.74, 6) is 0.825. The zero-order valence-corrected chi connectivity index (χ0v) is 13.7. The van der Waals surface area contributed by atoms with Crippen molar-refractivity contribution < 1.29 is 14.3 Å². The van der Waals surface area contributed by atoms with Gasteiger partial charge in [0.25, 0.3) is 5.91 Å². The number of carbonyl (C=O) groups excluding carboxylic acids is 1. The molecule has 2 rings (SSSR count). The number of benzene rings is 1. The van der Waals surface area contributed by atoms with Crippen molar-refractivity contribution in [2.45, 2.75) is 45.6 Å². The molecule has 0 radical (unpaired) electrons. The molecule has 4 nitrogen and oxygen atoms in total. The second kappa shape index (κ2) is 8.79. The third-order valence-corrected chi connectivity index (χ3v) is 3.99. The normalized spacial score (nSPS) is 17.5. The van der Waals surface area contributed by atoms with Crippen LogP contribution in [0.25, 0.3) is 0 Å². The van der Waals surface area contributed by atoms with Gasteiger partial charge in [-0.25, -0.2) is 0 Å². The lowest BCUT2D eigenvalue weighted by atomic mass is 10.1. The topological polar surface area (TPSA) is 38.8 Å². The van der Waals surface area contributed by atoms with Gasteiger partial charge in [-0.1, -0.05) is 19.4 Å². The summed E-state index contributed by atoms with van der Waals surface area (Å²) in [6, 6.07) is 7.47. The fraction of sp³-hybridized carbons (Fsp3) is 0.611. The van der Waals surface area contributed by atoms with E-state index in [1.165, 1.54) is 0 Å². The maximum absolute atomic E-state index is 12.5. The Bertz CT molecular complexity index is 469. The van der Waals surface area contributed by atoms with Gasteiger partial charge in [0, 0.05) is 25.3 Å². The Kier molecular flexibility index (Phi) is 6.72. The molecule has 1 atom stereocenters. The Balaban J connectivity index is 1.95. The predicted molar refractivity (Wildman–Crippen MR) is 87.4 cm³/mol. The summed E-state index contributed by atoms with van der Waals surface area (Å²) in [5, 5.41) is 0. The number of hydrogen-bond acceptors (Lipinski definition) is 3. The minimum atomic E-state index is 0.0820. The van der Waals surface area contributed by atoms with Crippen molar-refractivity contribution in [2.75, 3.05) is 26.3 Å². The number of unbranched alkanes of at least 4 members (excludes halogenated alkanes) is 1. The van der Waals surface area contributed by atoms with Crippen LogP contribution >= 0.6 is 0 Å². The predicted octanol–water partition coefficient (Wildman–Crippen LogP) is 3.51. The average Bonchev–Trinajstić information content (AvgIpc) is 3.07. The molecule has 0 bridgehead atoms. The quantitative estimate of drug-likeness (QED) is 0.738. The van der Waals surface area contributed by atoms with Gasteiger partial charge >= 0.3 is 0 Å². The molecular formula is C18H27NO3. The third-order valence-electron chi connectivity index (χ3n) is 3.99. The van der Waals surface area contributed by atoms with E-state index in [1.54, 1.807) is 0 Å². The van der Waals surface area contributed by atoms with Crippen LogP contribution in [0.15, 0.2) is 24.3 Å². The fourth-order valence-corrected chi connectivity index (χ4v) is 2.62. The standard InChI is InChI=1S/C18H27NO3/c1-3-5-11-19(4-2)18(20)15-8-6-9-16(13-15)22-14-17-10-7-12-21-17/h6,8-9,13,17H,3-5,7,10-12,14H2,1-2H3. The molecule has 0 aromatic heterocycles. The van der Waals surface area contributed by atoms with Crippen molar-refractivity contribution in [2.24, 2.45) is 0 Å². The van der Waals surface area contributed by atoms with Gasteiger partial charge < -0.3 is 14.4 Å². The lowest BCUT2D eigenvalue weighted by molar-refractivity contribution is 0.0677. The van der Waals surface area contributed by atoms with Gasteiger partial charge in [-0.3, -0.25) is 4.79 Å². The van der Waals surface area contributed by atoms with Crippen LogP contribution in [0.5, 0.6) is 5.75 Å². The molecule has 0 N–H and O–H groups in total. The van der Waals surface area contributed by atoms with Gasteiger partial charge in [0.2, 0.25) is 0 Å². The molecule has 0 spiro atoms. The van der Waals surface area contributed by atoms with Crippen LogP contribution in [0, 0.1) is 0 Å². The van der Waals surface area contributed by atoms with E-state index < -0.39 is 0 Å². The van der Waals surface area contributed by atoms with Crippen molar-refractivity contribution in [3.05, 3.63) is 29.8 Å². The maximum atomic E-state index is 12.5. The summed E-state index contributed by atoms with van der Waals surface area (Å²) >= 11 is 0. The van der Waals surface area contributed by atoms with Crippen LogP contribution in [0.4, 0.5) is 0 Å². The molecule has 1 unspecified atom stereocenters. The lowest BCUT2D eigenvalue weighted by Gasteiger charge is -2.21. The Morgan fingerprint density at radius 3 is 2.95 bits per heavy atom. The first-order valence-corrected chi connectivity index (χ1v) is 8.38. The number of carbonyl (C=O) groups is 1. The van der Waals surface area contributed by atoms with Crippen molar-refractivity contribution >= 4 is 5.91 Å². The van der Waals surface area contributed by atoms with Crippen LogP contribution in [0.2, 0.25) is 0 Å². The van der Waals surface area contributed by atoms with E-state index in [-0.39, 0.29) is 12.0 Å². The molecule has 1 aromatic carbocycles. The van der Waals surface area contributed by atoms with Crippen LogP contribution < -0.4 is 4.74 Å². The molecule has 1 aromatic rings. The highest BCUT2D eigenvalue weighted by Gasteiger charge is 2.17. The van der Waals surface area contributed by atoms with Crippen LogP contribution in [-0.4, -0.2) is 43.2 Å². The summed E-state index contributed by atoms with van der Waals surface area (Å²) in [5.41, 5.74) is 0.697. The van der Waals surface area contributed by atoms with E-state index in [1.807, 2.05) is 36.1 Å². The summed E-state index contributed by atoms with van der Waals surface area (Å²) < 4.78 is 11.3. The highest BCUT2D eigenvalue weighted by molar-refractivity contribution is 5.94. The van der Waals surface area contributed by atoms with Gasteiger partial charge in [0.05, 0.1) is 6.10 Å². The summed E-state index contributed by atoms with van der Waals surface area (Å²) in [7, 11) is 0. The van der Waals surface area contributed by atoms with E-state index in [9.17, 15) is 4.79 Å². The van der Waals surface area contributed by atoms with Crippen LogP contribution in [0.1, 0.15) is 49.9 Å². The largest absolute Gasteiger partial charge is 0.491 e. The van der Waals surface area contributed by atoms with E-state index in [0.29, 0.717) is 12.2 Å². The van der Waals surface area contributed by atoms with Gasteiger partial charge in [0.15, 0.2) is 0 Å². The van der Waals surface area contributed by atoms with Crippen LogP contribution in [-0.2, 0) is 4.74 Å². The maximum Gasteiger partial charge on any atom is 0.253 e. The monoisotopic (exact) mass is 305 g/mol. The van der Waals surface area contributed by atoms with E-state index >= 15 is 0 Å². The van der Waals surface area contributed by atoms with Gasteiger partial charge in [0.1, 0.15) is 12.4 Å². The average molecular weight is 305 g/mol. The Morgan fingerprint density at radius 1 is 1.41 bits per heavy atom. The summed E-state index contributed by atoms with van der Waals surface area (Å²) in [6.45, 7) is 7.09. The van der Waals surface area contributed by atoms with Crippen molar-refractivity contribution in [3.63, 3.8) is 0 Å². The number of rotatable bonds is 8. The van der Waals surface area contributed by atoms with Gasteiger partial charge in [-0.2, -0.15) is 0 Å². The molecule has 1 fully saturated rings. The number of amides is 1. The molecular weight excluding hydrogens is 278 g/mol. The molecule has 1 aliphatic heterocycles. The Labute approximate surface area is 133 Å². The Hall–Kier alpha value is -1.55. The Morgan fingerprint density at radius 2 is 2.27 bits per heavy atom. The molecule has 1 amide bonds. The molecule has 1 aliphatic rings. The number of nitrogens with zero attached hydrogens (tertiary/aromatic N) is 1. The van der Waals surface area contributed by atoms with Crippen molar-refractivity contribution in [1.82, 2.24) is 4.90 Å². The molecule has 0 aliphatic carbocycles. The van der Waals surface area contributed by atoms with Crippen molar-refractivity contribution in [3.8, 4) is 5.75 Å². The third kappa shape index (κ3) is 4.73.